The molecule has 7 heteroatoms. The van der Waals surface area contributed by atoms with E-state index in [1.54, 1.807) is 23.8 Å². The van der Waals surface area contributed by atoms with E-state index in [9.17, 15) is 4.79 Å². The predicted octanol–water partition coefficient (Wildman–Crippen LogP) is 4.99. The maximum absolute atomic E-state index is 12.9. The zero-order chi connectivity index (χ0) is 18.3. The number of anilines is 1. The van der Waals surface area contributed by atoms with E-state index in [-0.39, 0.29) is 5.91 Å². The van der Waals surface area contributed by atoms with Gasteiger partial charge in [0.15, 0.2) is 0 Å². The lowest BCUT2D eigenvalue weighted by Crippen LogP contribution is -2.35. The third kappa shape index (κ3) is 3.04. The Morgan fingerprint density at radius 3 is 2.65 bits per heavy atom. The number of hydrogen-bond donors (Lipinski definition) is 0. The van der Waals surface area contributed by atoms with Gasteiger partial charge < -0.3 is 9.64 Å². The van der Waals surface area contributed by atoms with Crippen LogP contribution in [0.4, 0.5) is 5.69 Å². The second-order valence-corrected chi connectivity index (χ2v) is 9.32. The van der Waals surface area contributed by atoms with E-state index in [0.29, 0.717) is 16.9 Å². The topological polar surface area (TPSA) is 32.8 Å². The Labute approximate surface area is 168 Å². The van der Waals surface area contributed by atoms with E-state index >= 15 is 0 Å². The monoisotopic (exact) mass is 406 g/mol. The molecule has 0 spiro atoms. The van der Waals surface area contributed by atoms with Gasteiger partial charge >= 0.3 is 0 Å². The van der Waals surface area contributed by atoms with E-state index in [1.807, 2.05) is 13.0 Å². The Bertz CT molecular complexity index is 787. The highest BCUT2D eigenvalue weighted by Crippen LogP contribution is 2.53. The van der Waals surface area contributed by atoms with Crippen molar-refractivity contribution in [3.63, 3.8) is 0 Å². The van der Waals surface area contributed by atoms with E-state index in [0.717, 1.165) is 34.2 Å². The summed E-state index contributed by atoms with van der Waals surface area (Å²) in [7, 11) is 1.70. The first-order chi connectivity index (χ1) is 12.6. The van der Waals surface area contributed by atoms with Gasteiger partial charge in [0.25, 0.3) is 5.91 Å². The molecular weight excluding hydrogens is 384 g/mol. The second kappa shape index (κ2) is 7.44. The molecule has 0 atom stereocenters. The summed E-state index contributed by atoms with van der Waals surface area (Å²) in [5.74, 6) is 0.901. The van der Waals surface area contributed by atoms with Crippen LogP contribution in [0, 0.1) is 0 Å². The molecule has 1 saturated heterocycles. The molecule has 2 aliphatic heterocycles. The lowest BCUT2D eigenvalue weighted by molar-refractivity contribution is -0.122. The summed E-state index contributed by atoms with van der Waals surface area (Å²) in [6.07, 6.45) is 6.11. The van der Waals surface area contributed by atoms with Gasteiger partial charge in [-0.2, -0.15) is 0 Å². The number of thiocarbonyl (C=S) groups is 1. The van der Waals surface area contributed by atoms with Crippen LogP contribution in [0.1, 0.15) is 39.0 Å². The minimum atomic E-state index is 0.0468. The van der Waals surface area contributed by atoms with Crippen LogP contribution in [0.2, 0.25) is 0 Å². The Balaban J connectivity index is 1.80. The zero-order valence-corrected chi connectivity index (χ0v) is 17.4. The maximum atomic E-state index is 12.9. The summed E-state index contributed by atoms with van der Waals surface area (Å²) >= 11 is 8.58. The number of thioether (sulfide) groups is 2. The highest BCUT2D eigenvalue weighted by atomic mass is 32.2. The molecule has 4 nitrogen and oxygen atoms in total. The smallest absolute Gasteiger partial charge is 0.268 e. The van der Waals surface area contributed by atoms with Crippen LogP contribution in [0.5, 0.6) is 5.75 Å². The van der Waals surface area contributed by atoms with Crippen LogP contribution in [0.15, 0.2) is 33.0 Å². The zero-order valence-electron chi connectivity index (χ0n) is 15.0. The molecule has 1 aromatic rings. The standard InChI is InChI=1S/C19H22N2O2S3/c1-3-20-17(22)16(26-19(20)24)18-21(12-7-5-4-6-8-12)14-11-13(23-2)9-10-15(14)25-18/h9-12H,3-8H2,1-2H3. The number of methoxy groups -OCH3 is 1. The molecule has 0 aromatic heterocycles. The van der Waals surface area contributed by atoms with Gasteiger partial charge in [0.2, 0.25) is 0 Å². The number of hydrogen-bond acceptors (Lipinski definition) is 6. The van der Waals surface area contributed by atoms with Crippen molar-refractivity contribution in [1.29, 1.82) is 0 Å². The van der Waals surface area contributed by atoms with Gasteiger partial charge in [-0.05, 0) is 31.9 Å². The Hall–Kier alpha value is -1.18. The van der Waals surface area contributed by atoms with Crippen molar-refractivity contribution in [2.45, 2.75) is 50.0 Å². The predicted molar refractivity (Wildman–Crippen MR) is 113 cm³/mol. The van der Waals surface area contributed by atoms with Crippen molar-refractivity contribution >= 4 is 51.7 Å². The summed E-state index contributed by atoms with van der Waals surface area (Å²) in [5, 5.41) is 1.05. The van der Waals surface area contributed by atoms with Gasteiger partial charge in [0.05, 0.1) is 12.8 Å². The molecule has 0 bridgehead atoms. The number of carbonyl (C=O) groups excluding carboxylic acids is 1. The molecule has 1 amide bonds. The highest BCUT2D eigenvalue weighted by molar-refractivity contribution is 8.27. The number of rotatable bonds is 3. The molecule has 1 aromatic carbocycles. The van der Waals surface area contributed by atoms with Gasteiger partial charge in [-0.1, -0.05) is 55.0 Å². The van der Waals surface area contributed by atoms with Gasteiger partial charge in [-0.25, -0.2) is 0 Å². The number of amides is 1. The van der Waals surface area contributed by atoms with Crippen LogP contribution in [0.25, 0.3) is 0 Å². The SMILES string of the molecule is CCN1C(=O)C(=C2Sc3ccc(OC)cc3N2C2CCCCC2)SC1=S. The molecule has 2 heterocycles. The first-order valence-electron chi connectivity index (χ1n) is 9.07. The third-order valence-electron chi connectivity index (χ3n) is 5.15. The minimum absolute atomic E-state index is 0.0468. The van der Waals surface area contributed by atoms with Gasteiger partial charge in [-0.15, -0.1) is 0 Å². The fourth-order valence-electron chi connectivity index (χ4n) is 3.82. The molecule has 1 saturated carbocycles. The molecule has 2 fully saturated rings. The Kier molecular flexibility index (Phi) is 5.21. The second-order valence-electron chi connectivity index (χ2n) is 6.65. The molecule has 0 radical (unpaired) electrons. The molecule has 0 unspecified atom stereocenters. The number of fused-ring (bicyclic) bond motifs is 1. The summed E-state index contributed by atoms with van der Waals surface area (Å²) in [5.41, 5.74) is 1.16. The van der Waals surface area contributed by atoms with Crippen molar-refractivity contribution in [2.75, 3.05) is 18.6 Å². The van der Waals surface area contributed by atoms with E-state index in [4.69, 9.17) is 17.0 Å². The lowest BCUT2D eigenvalue weighted by atomic mass is 9.94. The van der Waals surface area contributed by atoms with Crippen LogP contribution in [-0.4, -0.2) is 34.8 Å². The van der Waals surface area contributed by atoms with E-state index in [2.05, 4.69) is 17.0 Å². The third-order valence-corrected chi connectivity index (χ3v) is 7.88. The normalized spacial score (nSPS) is 23.8. The fourth-order valence-corrected chi connectivity index (χ4v) is 6.54. The number of nitrogens with zero attached hydrogens (tertiary/aromatic N) is 2. The van der Waals surface area contributed by atoms with Crippen molar-refractivity contribution in [3.8, 4) is 5.75 Å². The van der Waals surface area contributed by atoms with Crippen LogP contribution in [-0.2, 0) is 4.79 Å². The average molecular weight is 407 g/mol. The maximum Gasteiger partial charge on any atom is 0.268 e. The summed E-state index contributed by atoms with van der Waals surface area (Å²) in [6, 6.07) is 6.63. The highest BCUT2D eigenvalue weighted by Gasteiger charge is 2.40. The van der Waals surface area contributed by atoms with Crippen molar-refractivity contribution in [3.05, 3.63) is 28.1 Å². The van der Waals surface area contributed by atoms with E-state index in [1.165, 1.54) is 35.9 Å². The van der Waals surface area contributed by atoms with Crippen molar-refractivity contribution < 1.29 is 9.53 Å². The Morgan fingerprint density at radius 1 is 1.23 bits per heavy atom. The summed E-state index contributed by atoms with van der Waals surface area (Å²) < 4.78 is 6.12. The lowest BCUT2D eigenvalue weighted by Gasteiger charge is -2.34. The molecule has 26 heavy (non-hydrogen) atoms. The number of likely N-dealkylation sites (N-methyl/N-ethyl adjacent to an activating group) is 1. The van der Waals surface area contributed by atoms with Crippen LogP contribution < -0.4 is 9.64 Å². The molecule has 3 aliphatic rings. The van der Waals surface area contributed by atoms with Crippen molar-refractivity contribution in [1.82, 2.24) is 4.90 Å². The molecule has 0 N–H and O–H groups in total. The molecule has 4 rings (SSSR count). The molecule has 1 aliphatic carbocycles. The first kappa shape index (κ1) is 18.2. The summed E-state index contributed by atoms with van der Waals surface area (Å²) in [6.45, 7) is 2.59. The Morgan fingerprint density at radius 2 is 2.00 bits per heavy atom. The van der Waals surface area contributed by atoms with Gasteiger partial charge in [0, 0.05) is 23.5 Å². The fraction of sp³-hybridized carbons (Fsp3) is 0.474. The largest absolute Gasteiger partial charge is 0.497 e. The van der Waals surface area contributed by atoms with Gasteiger partial charge in [0.1, 0.15) is 20.0 Å². The first-order valence-corrected chi connectivity index (χ1v) is 11.1. The average Bonchev–Trinajstić information content (AvgIpc) is 3.18. The van der Waals surface area contributed by atoms with Crippen LogP contribution >= 0.6 is 35.7 Å². The molecule has 138 valence electrons. The quantitative estimate of drug-likeness (QED) is 0.519. The van der Waals surface area contributed by atoms with Crippen molar-refractivity contribution in [2.24, 2.45) is 0 Å². The molecular formula is C19H22N2O2S3. The summed E-state index contributed by atoms with van der Waals surface area (Å²) in [4.78, 5) is 19.0. The van der Waals surface area contributed by atoms with E-state index < -0.39 is 0 Å². The number of carbonyl (C=O) groups is 1. The van der Waals surface area contributed by atoms with Crippen LogP contribution in [0.3, 0.4) is 0 Å². The minimum Gasteiger partial charge on any atom is -0.497 e. The number of ether oxygens (including phenoxy) is 1. The van der Waals surface area contributed by atoms with Gasteiger partial charge in [-0.3, -0.25) is 9.69 Å². The number of benzene rings is 1.